The van der Waals surface area contributed by atoms with Crippen molar-refractivity contribution in [1.82, 2.24) is 29.7 Å². The molecular formula is C46H37N7O7. The first kappa shape index (κ1) is 38.0. The molecule has 60 heavy (non-hydrogen) atoms. The molecule has 298 valence electrons. The number of benzene rings is 2. The summed E-state index contributed by atoms with van der Waals surface area (Å²) in [6.07, 6.45) is 8.96. The molecule has 0 radical (unpaired) electrons. The van der Waals surface area contributed by atoms with Crippen molar-refractivity contribution in [3.63, 3.8) is 0 Å². The van der Waals surface area contributed by atoms with Crippen LogP contribution in [0.2, 0.25) is 0 Å². The highest BCUT2D eigenvalue weighted by atomic mass is 16.5. The standard InChI is InChI=1S/C46H37N7O7/c1-27-5-11-40(44(54)51-27)53-45(55)36-10-8-32(22-37(36)46(53)56)58-17-16-57-15-3-4-31-18-30(23-47)42(26-49-31)59-33-20-34(21-33)60-43-12-7-29(24-50-43)28-6-9-35-38-25-48-14-13-39(38)52(2)41(35)19-28/h6-10,12-14,18-19,22,24-26,33-34,40H,1,5,11,15-17,20-21H2,2H3,(H,51,54). The summed E-state index contributed by atoms with van der Waals surface area (Å²) in [7, 11) is 2.06. The summed E-state index contributed by atoms with van der Waals surface area (Å²) >= 11 is 0. The second kappa shape index (κ2) is 16.0. The van der Waals surface area contributed by atoms with Gasteiger partial charge in [-0.1, -0.05) is 24.6 Å². The lowest BCUT2D eigenvalue weighted by Crippen LogP contribution is -2.51. The van der Waals surface area contributed by atoms with Gasteiger partial charge < -0.3 is 28.8 Å². The smallest absolute Gasteiger partial charge is 0.262 e. The first-order valence-corrected chi connectivity index (χ1v) is 19.5. The number of carbonyl (C=O) groups excluding carboxylic acids is 3. The highest BCUT2D eigenvalue weighted by molar-refractivity contribution is 6.23. The van der Waals surface area contributed by atoms with Gasteiger partial charge in [-0.2, -0.15) is 5.26 Å². The van der Waals surface area contributed by atoms with E-state index in [1.165, 1.54) is 18.3 Å². The molecule has 9 rings (SSSR count). The zero-order chi connectivity index (χ0) is 41.3. The minimum Gasteiger partial charge on any atom is -0.491 e. The van der Waals surface area contributed by atoms with Gasteiger partial charge in [0.1, 0.15) is 49.0 Å². The van der Waals surface area contributed by atoms with Gasteiger partial charge in [0.2, 0.25) is 11.8 Å². The van der Waals surface area contributed by atoms with Gasteiger partial charge in [-0.05, 0) is 66.8 Å². The average molecular weight is 800 g/mol. The Kier molecular flexibility index (Phi) is 10.1. The fourth-order valence-electron chi connectivity index (χ4n) is 7.69. The maximum absolute atomic E-state index is 13.1. The highest BCUT2D eigenvalue weighted by Gasteiger charge is 2.44. The second-order valence-corrected chi connectivity index (χ2v) is 14.7. The number of nitrogens with one attached hydrogen (secondary N) is 1. The van der Waals surface area contributed by atoms with Crippen LogP contribution >= 0.6 is 0 Å². The van der Waals surface area contributed by atoms with Crippen LogP contribution in [0, 0.1) is 23.2 Å². The lowest BCUT2D eigenvalue weighted by molar-refractivity contribution is -0.125. The van der Waals surface area contributed by atoms with Gasteiger partial charge in [-0.3, -0.25) is 24.3 Å². The number of rotatable bonds is 11. The van der Waals surface area contributed by atoms with Crippen LogP contribution in [0.5, 0.6) is 17.4 Å². The molecular weight excluding hydrogens is 763 g/mol. The molecule has 14 nitrogen and oxygen atoms in total. The molecule has 3 aliphatic rings. The van der Waals surface area contributed by atoms with E-state index in [1.807, 2.05) is 36.8 Å². The van der Waals surface area contributed by atoms with Gasteiger partial charge in [-0.25, -0.2) is 9.97 Å². The molecule has 6 heterocycles. The largest absolute Gasteiger partial charge is 0.491 e. The molecule has 1 atom stereocenters. The topological polar surface area (TPSA) is 171 Å². The molecule has 3 amide bonds. The van der Waals surface area contributed by atoms with Gasteiger partial charge in [0, 0.05) is 72.1 Å². The van der Waals surface area contributed by atoms with Gasteiger partial charge in [0.05, 0.1) is 35.0 Å². The number of amides is 3. The van der Waals surface area contributed by atoms with Crippen LogP contribution in [0.3, 0.4) is 0 Å². The van der Waals surface area contributed by atoms with E-state index >= 15 is 0 Å². The van der Waals surface area contributed by atoms with Gasteiger partial charge in [-0.15, -0.1) is 0 Å². The Labute approximate surface area is 344 Å². The Morgan fingerprint density at radius 1 is 0.867 bits per heavy atom. The molecule has 1 N–H and O–H groups in total. The van der Waals surface area contributed by atoms with E-state index in [2.05, 4.69) is 74.6 Å². The third-order valence-corrected chi connectivity index (χ3v) is 10.9. The number of fused-ring (bicyclic) bond motifs is 4. The molecule has 14 heteroatoms. The number of hydrogen-bond donors (Lipinski definition) is 1. The fraction of sp³-hybridized carbons (Fsp3) is 0.239. The van der Waals surface area contributed by atoms with Crippen molar-refractivity contribution in [2.45, 2.75) is 43.9 Å². The summed E-state index contributed by atoms with van der Waals surface area (Å²) in [6, 6.07) is 19.8. The molecule has 1 saturated carbocycles. The molecule has 1 unspecified atom stereocenters. The van der Waals surface area contributed by atoms with Crippen molar-refractivity contribution in [2.75, 3.05) is 19.8 Å². The summed E-state index contributed by atoms with van der Waals surface area (Å²) in [5.74, 6) is 5.65. The molecule has 4 aromatic heterocycles. The number of ether oxygens (including phenoxy) is 4. The number of nitrogens with zero attached hydrogens (tertiary/aromatic N) is 6. The number of piperidine rings is 1. The SMILES string of the molecule is C=C1CCC(N2C(=O)c3ccc(OCCOCC#Cc4cc(C#N)c(OC5CC(Oc6ccc(-c7ccc8c9cnccc9n(C)c8c7)cn6)C5)cn4)cc3C2=O)C(=O)N1. The van der Waals surface area contributed by atoms with Crippen LogP contribution in [0.25, 0.3) is 32.9 Å². The van der Waals surface area contributed by atoms with E-state index in [-0.39, 0.29) is 43.2 Å². The Balaban J connectivity index is 0.710. The van der Waals surface area contributed by atoms with Crippen molar-refractivity contribution >= 4 is 39.5 Å². The molecule has 1 saturated heterocycles. The first-order chi connectivity index (χ1) is 29.2. The minimum atomic E-state index is -0.880. The molecule has 6 aromatic rings. The predicted molar refractivity (Wildman–Crippen MR) is 219 cm³/mol. The van der Waals surface area contributed by atoms with E-state index in [1.54, 1.807) is 12.1 Å². The van der Waals surface area contributed by atoms with Gasteiger partial charge >= 0.3 is 0 Å². The van der Waals surface area contributed by atoms with Gasteiger partial charge in [0.25, 0.3) is 11.8 Å². The summed E-state index contributed by atoms with van der Waals surface area (Å²) < 4.78 is 25.7. The lowest BCUT2D eigenvalue weighted by atomic mass is 9.92. The number of nitriles is 1. The van der Waals surface area contributed by atoms with Crippen LogP contribution in [0.15, 0.2) is 97.7 Å². The van der Waals surface area contributed by atoms with Crippen molar-refractivity contribution < 1.29 is 33.3 Å². The van der Waals surface area contributed by atoms with Crippen molar-refractivity contribution in [3.05, 3.63) is 120 Å². The van der Waals surface area contributed by atoms with E-state index in [0.717, 1.165) is 37.8 Å². The quantitative estimate of drug-likeness (QED) is 0.0944. The number of allylic oxidation sites excluding steroid dienone is 1. The molecule has 1 aliphatic carbocycles. The zero-order valence-electron chi connectivity index (χ0n) is 32.5. The molecule has 0 bridgehead atoms. The number of pyridine rings is 3. The summed E-state index contributed by atoms with van der Waals surface area (Å²) in [6.45, 7) is 4.21. The third-order valence-electron chi connectivity index (χ3n) is 10.9. The molecule has 2 fully saturated rings. The fourth-order valence-corrected chi connectivity index (χ4v) is 7.69. The average Bonchev–Trinajstić information content (AvgIpc) is 3.67. The second-order valence-electron chi connectivity index (χ2n) is 14.7. The normalized spacial score (nSPS) is 18.3. The van der Waals surface area contributed by atoms with Crippen molar-refractivity contribution in [2.24, 2.45) is 7.05 Å². The van der Waals surface area contributed by atoms with Crippen molar-refractivity contribution in [3.8, 4) is 46.4 Å². The molecule has 0 spiro atoms. The zero-order valence-corrected chi connectivity index (χ0v) is 32.5. The van der Waals surface area contributed by atoms with Gasteiger partial charge in [0.15, 0.2) is 5.75 Å². The maximum atomic E-state index is 13.1. The number of aryl methyl sites for hydroxylation is 1. The van der Waals surface area contributed by atoms with Crippen LogP contribution in [-0.2, 0) is 16.6 Å². The van der Waals surface area contributed by atoms with E-state index < -0.39 is 23.8 Å². The highest BCUT2D eigenvalue weighted by Crippen LogP contribution is 2.34. The van der Waals surface area contributed by atoms with Crippen LogP contribution < -0.4 is 19.5 Å². The minimum absolute atomic E-state index is 0.0591. The Bertz CT molecular complexity index is 2830. The van der Waals surface area contributed by atoms with Crippen LogP contribution in [0.4, 0.5) is 0 Å². The number of aromatic nitrogens is 4. The lowest BCUT2D eigenvalue weighted by Gasteiger charge is -2.35. The van der Waals surface area contributed by atoms with E-state index in [4.69, 9.17) is 18.9 Å². The van der Waals surface area contributed by atoms with E-state index in [9.17, 15) is 19.6 Å². The van der Waals surface area contributed by atoms with Crippen LogP contribution in [0.1, 0.15) is 57.7 Å². The Hall–Kier alpha value is -7.55. The number of imide groups is 1. The van der Waals surface area contributed by atoms with Crippen LogP contribution in [-0.4, -0.2) is 80.2 Å². The predicted octanol–water partition coefficient (Wildman–Crippen LogP) is 5.88. The Morgan fingerprint density at radius 2 is 1.70 bits per heavy atom. The number of hydrogen-bond acceptors (Lipinski definition) is 11. The number of carbonyl (C=O) groups is 3. The third kappa shape index (κ3) is 7.36. The van der Waals surface area contributed by atoms with E-state index in [0.29, 0.717) is 60.0 Å². The molecule has 2 aromatic carbocycles. The summed E-state index contributed by atoms with van der Waals surface area (Å²) in [5, 5.41) is 14.7. The van der Waals surface area contributed by atoms with Crippen molar-refractivity contribution in [1.29, 1.82) is 5.26 Å². The monoisotopic (exact) mass is 799 g/mol. The maximum Gasteiger partial charge on any atom is 0.262 e. The summed E-state index contributed by atoms with van der Waals surface area (Å²) in [5.41, 5.74) is 6.04. The Morgan fingerprint density at radius 3 is 2.52 bits per heavy atom. The summed E-state index contributed by atoms with van der Waals surface area (Å²) in [4.78, 5) is 52.7. The first-order valence-electron chi connectivity index (χ1n) is 19.5. The molecule has 2 aliphatic heterocycles.